The van der Waals surface area contributed by atoms with Gasteiger partial charge in [-0.05, 0) is 25.4 Å². The highest BCUT2D eigenvalue weighted by Crippen LogP contribution is 2.09. The summed E-state index contributed by atoms with van der Waals surface area (Å²) in [5, 5.41) is 2.75. The van der Waals surface area contributed by atoms with Crippen molar-refractivity contribution in [3.63, 3.8) is 0 Å². The molecule has 1 aromatic rings. The maximum Gasteiger partial charge on any atom is 0.341 e. The molecule has 0 aliphatic heterocycles. The highest BCUT2D eigenvalue weighted by Gasteiger charge is 2.11. The van der Waals surface area contributed by atoms with Crippen molar-refractivity contribution in [3.8, 4) is 0 Å². The molecule has 0 aliphatic carbocycles. The lowest BCUT2D eigenvalue weighted by atomic mass is 10.3. The molecule has 0 fully saturated rings. The van der Waals surface area contributed by atoms with Gasteiger partial charge in [0.05, 0.1) is 17.7 Å². The molecule has 0 saturated carbocycles. The Morgan fingerprint density at radius 1 is 1.82 bits per heavy atom. The van der Waals surface area contributed by atoms with Gasteiger partial charge < -0.3 is 4.74 Å². The molecule has 4 heteroatoms. The number of hydrogen-bond donors (Lipinski definition) is 0. The first-order chi connectivity index (χ1) is 5.25. The summed E-state index contributed by atoms with van der Waals surface area (Å²) in [6.07, 6.45) is 0. The van der Waals surface area contributed by atoms with Crippen LogP contribution in [0.1, 0.15) is 23.0 Å². The molecule has 59 valence electrons. The van der Waals surface area contributed by atoms with Crippen LogP contribution in [0.25, 0.3) is 0 Å². The Bertz CT molecular complexity index is 257. The first kappa shape index (κ1) is 8.20. The summed E-state index contributed by atoms with van der Waals surface area (Å²) in [5.41, 5.74) is 1.14. The van der Waals surface area contributed by atoms with Gasteiger partial charge in [-0.25, -0.2) is 4.79 Å². The molecular weight excluding hydrogens is 162 g/mol. The molecule has 0 aromatic carbocycles. The molecule has 3 nitrogen and oxygen atoms in total. The van der Waals surface area contributed by atoms with Crippen LogP contribution in [0.2, 0.25) is 0 Å². The van der Waals surface area contributed by atoms with Crippen molar-refractivity contribution < 1.29 is 9.53 Å². The summed E-state index contributed by atoms with van der Waals surface area (Å²) >= 11 is 1.14. The van der Waals surface area contributed by atoms with Crippen molar-refractivity contribution in [2.75, 3.05) is 6.61 Å². The standard InChI is InChI=1S/C7H8NO2S/c1-3-10-7(9)6-4-11-8-5(6)2/h3H2,1-2H3. The molecule has 1 aromatic heterocycles. The van der Waals surface area contributed by atoms with Gasteiger partial charge in [-0.1, -0.05) is 0 Å². The van der Waals surface area contributed by atoms with Gasteiger partial charge in [0, 0.05) is 0 Å². The minimum absolute atomic E-state index is 0.334. The maximum atomic E-state index is 11.0. The van der Waals surface area contributed by atoms with Crippen molar-refractivity contribution in [2.24, 2.45) is 0 Å². The predicted molar refractivity (Wildman–Crippen MR) is 41.6 cm³/mol. The van der Waals surface area contributed by atoms with Crippen LogP contribution in [0.15, 0.2) is 0 Å². The summed E-state index contributed by atoms with van der Waals surface area (Å²) in [6.45, 7) is 3.92. The summed E-state index contributed by atoms with van der Waals surface area (Å²) in [4.78, 5) is 11.0. The number of carbonyl (C=O) groups is 1. The zero-order valence-corrected chi connectivity index (χ0v) is 7.20. The molecule has 0 N–H and O–H groups in total. The van der Waals surface area contributed by atoms with Gasteiger partial charge in [-0.2, -0.15) is 4.37 Å². The van der Waals surface area contributed by atoms with E-state index in [0.29, 0.717) is 17.9 Å². The van der Waals surface area contributed by atoms with E-state index in [1.165, 1.54) is 0 Å². The summed E-state index contributed by atoms with van der Waals surface area (Å²) in [6, 6.07) is 0. The minimum Gasteiger partial charge on any atom is -0.462 e. The van der Waals surface area contributed by atoms with Gasteiger partial charge >= 0.3 is 5.97 Å². The van der Waals surface area contributed by atoms with E-state index in [2.05, 4.69) is 9.75 Å². The van der Waals surface area contributed by atoms with Crippen molar-refractivity contribution in [1.29, 1.82) is 0 Å². The van der Waals surface area contributed by atoms with Crippen molar-refractivity contribution >= 4 is 17.5 Å². The molecule has 0 saturated heterocycles. The van der Waals surface area contributed by atoms with E-state index in [9.17, 15) is 4.79 Å². The Morgan fingerprint density at radius 2 is 2.55 bits per heavy atom. The molecule has 0 amide bonds. The van der Waals surface area contributed by atoms with Crippen LogP contribution in [0.3, 0.4) is 0 Å². The highest BCUT2D eigenvalue weighted by atomic mass is 32.1. The van der Waals surface area contributed by atoms with E-state index in [-0.39, 0.29) is 5.97 Å². The van der Waals surface area contributed by atoms with Crippen LogP contribution >= 0.6 is 11.5 Å². The second kappa shape index (κ2) is 3.48. The predicted octanol–water partition coefficient (Wildman–Crippen LogP) is 1.43. The Kier molecular flexibility index (Phi) is 2.59. The zero-order chi connectivity index (χ0) is 8.27. The molecule has 0 unspecified atom stereocenters. The molecular formula is C7H8NO2S. The topological polar surface area (TPSA) is 39.2 Å². The minimum atomic E-state index is -0.334. The van der Waals surface area contributed by atoms with Crippen molar-refractivity contribution in [1.82, 2.24) is 4.37 Å². The van der Waals surface area contributed by atoms with Gasteiger partial charge in [0.1, 0.15) is 5.56 Å². The average molecular weight is 170 g/mol. The third-order valence-electron chi connectivity index (χ3n) is 1.17. The Morgan fingerprint density at radius 3 is 3.00 bits per heavy atom. The number of aromatic nitrogens is 1. The zero-order valence-electron chi connectivity index (χ0n) is 6.38. The smallest absolute Gasteiger partial charge is 0.341 e. The van der Waals surface area contributed by atoms with Gasteiger partial charge in [0.2, 0.25) is 0 Å². The first-order valence-corrected chi connectivity index (χ1v) is 4.04. The van der Waals surface area contributed by atoms with Crippen molar-refractivity contribution in [2.45, 2.75) is 13.8 Å². The summed E-state index contributed by atoms with van der Waals surface area (Å²) in [7, 11) is 0. The molecule has 1 radical (unpaired) electrons. The molecule has 1 rings (SSSR count). The largest absolute Gasteiger partial charge is 0.462 e. The van der Waals surface area contributed by atoms with E-state index in [0.717, 1.165) is 11.5 Å². The number of esters is 1. The molecule has 0 atom stereocenters. The van der Waals surface area contributed by atoms with E-state index < -0.39 is 0 Å². The molecule has 0 aliphatic rings. The number of carbonyl (C=O) groups excluding carboxylic acids is 1. The fourth-order valence-corrected chi connectivity index (χ4v) is 1.25. The second-order valence-corrected chi connectivity index (χ2v) is 2.53. The normalized spacial score (nSPS) is 9.64. The highest BCUT2D eigenvalue weighted by molar-refractivity contribution is 7.03. The SMILES string of the molecule is CCOC(=O)c1[c]snc1C. The molecule has 0 bridgehead atoms. The first-order valence-electron chi connectivity index (χ1n) is 3.26. The summed E-state index contributed by atoms with van der Waals surface area (Å²) < 4.78 is 8.67. The fourth-order valence-electron chi connectivity index (χ4n) is 0.649. The van der Waals surface area contributed by atoms with Crippen LogP contribution in [0.5, 0.6) is 0 Å². The van der Waals surface area contributed by atoms with Crippen LogP contribution in [-0.2, 0) is 4.74 Å². The van der Waals surface area contributed by atoms with Gasteiger partial charge in [0.25, 0.3) is 0 Å². The van der Waals surface area contributed by atoms with Crippen LogP contribution in [0, 0.1) is 12.3 Å². The lowest BCUT2D eigenvalue weighted by Crippen LogP contribution is -2.04. The van der Waals surface area contributed by atoms with E-state index in [1.807, 2.05) is 0 Å². The third kappa shape index (κ3) is 1.77. The number of nitrogens with zero attached hydrogens (tertiary/aromatic N) is 1. The number of hydrogen-bond acceptors (Lipinski definition) is 4. The Hall–Kier alpha value is -0.900. The lowest BCUT2D eigenvalue weighted by Gasteiger charge is -1.97. The lowest BCUT2D eigenvalue weighted by molar-refractivity contribution is 0.0525. The van der Waals surface area contributed by atoms with E-state index in [4.69, 9.17) is 4.74 Å². The number of ether oxygens (including phenoxy) is 1. The van der Waals surface area contributed by atoms with Crippen LogP contribution < -0.4 is 0 Å². The van der Waals surface area contributed by atoms with E-state index in [1.54, 1.807) is 13.8 Å². The number of aryl methyl sites for hydroxylation is 1. The third-order valence-corrected chi connectivity index (χ3v) is 1.83. The maximum absolute atomic E-state index is 11.0. The van der Waals surface area contributed by atoms with Gasteiger partial charge in [-0.3, -0.25) is 0 Å². The molecule has 11 heavy (non-hydrogen) atoms. The fraction of sp³-hybridized carbons (Fsp3) is 0.429. The molecule has 1 heterocycles. The summed E-state index contributed by atoms with van der Waals surface area (Å²) in [5.74, 6) is -0.334. The number of rotatable bonds is 2. The van der Waals surface area contributed by atoms with Crippen LogP contribution in [0.4, 0.5) is 0 Å². The average Bonchev–Trinajstić information content (AvgIpc) is 2.36. The quantitative estimate of drug-likeness (QED) is 0.630. The van der Waals surface area contributed by atoms with Crippen LogP contribution in [-0.4, -0.2) is 16.9 Å². The Labute approximate surface area is 69.2 Å². The monoisotopic (exact) mass is 170 g/mol. The van der Waals surface area contributed by atoms with Gasteiger partial charge in [-0.15, -0.1) is 0 Å². The second-order valence-electron chi connectivity index (χ2n) is 1.97. The van der Waals surface area contributed by atoms with Crippen molar-refractivity contribution in [3.05, 3.63) is 16.6 Å². The van der Waals surface area contributed by atoms with Gasteiger partial charge in [0.15, 0.2) is 0 Å². The van der Waals surface area contributed by atoms with E-state index >= 15 is 0 Å². The Balaban J connectivity index is 2.76. The molecule has 0 spiro atoms.